The van der Waals surface area contributed by atoms with Crippen LogP contribution in [-0.2, 0) is 127 Å². The van der Waals surface area contributed by atoms with Crippen molar-refractivity contribution in [3.8, 4) is 160 Å². The van der Waals surface area contributed by atoms with Crippen LogP contribution in [0.1, 0.15) is 52.4 Å². The van der Waals surface area contributed by atoms with Gasteiger partial charge in [0.25, 0.3) is 0 Å². The second-order valence-electron chi connectivity index (χ2n) is 18.0. The molecule has 0 rings (SSSR count). The molecule has 28 nitrogen and oxygen atoms in total. The monoisotopic (exact) mass is 1870 g/mol. The highest BCUT2D eigenvalue weighted by atomic mass is 31.2. The molecule has 0 radical (unpaired) electrons. The van der Waals surface area contributed by atoms with Gasteiger partial charge in [0.15, 0.2) is 19.3 Å². The van der Waals surface area contributed by atoms with Crippen LogP contribution in [0, 0.1) is 160 Å². The van der Waals surface area contributed by atoms with E-state index >= 15 is 0 Å². The van der Waals surface area contributed by atoms with E-state index < -0.39 is 209 Å². The van der Waals surface area contributed by atoms with Gasteiger partial charge in [-0.05, 0) is 33.1 Å². The Labute approximate surface area is 659 Å². The van der Waals surface area contributed by atoms with Gasteiger partial charge in [0.1, 0.15) is 85.9 Å². The maximum atomic E-state index is 12.2. The van der Waals surface area contributed by atoms with Crippen molar-refractivity contribution >= 4 is 54.8 Å². The smallest absolute Gasteiger partial charge is 0.287 e. The first-order valence-electron chi connectivity index (χ1n) is 29.7. The van der Waals surface area contributed by atoms with Crippen LogP contribution in [-0.4, -0.2) is 175 Å². The predicted molar refractivity (Wildman–Crippen MR) is 369 cm³/mol. The highest BCUT2D eigenvalue weighted by Crippen LogP contribution is 2.56. The molecule has 0 aromatic rings. The van der Waals surface area contributed by atoms with E-state index in [2.05, 4.69) is 102 Å². The summed E-state index contributed by atoms with van der Waals surface area (Å²) in [4.78, 5) is 0. The number of hydrogen-bond acceptors (Lipinski definition) is 28. The van der Waals surface area contributed by atoms with Crippen molar-refractivity contribution in [3.63, 3.8) is 0 Å². The Kier molecular flexibility index (Phi) is 70.1. The number of rotatable bonds is 47. The van der Waals surface area contributed by atoms with Crippen molar-refractivity contribution in [2.75, 3.05) is 126 Å². The zero-order chi connectivity index (χ0) is 92.3. The van der Waals surface area contributed by atoms with Crippen LogP contribution >= 0.6 is 54.8 Å². The third kappa shape index (κ3) is 87.2. The van der Waals surface area contributed by atoms with E-state index in [1.54, 1.807) is 0 Å². The van der Waals surface area contributed by atoms with Gasteiger partial charge in [0.05, 0.1) is 32.8 Å². The van der Waals surface area contributed by atoms with Crippen molar-refractivity contribution in [1.82, 2.24) is 0 Å². The average molecular weight is 1870 g/mol. The molecule has 56 heteroatoms. The molecule has 2 atom stereocenters. The SMILES string of the molecule is C#CCOP(=O)(OCC#C)OC(C)C(F)(F)F.C#CCOP(=O)(OCC#C)OC(F)(F)F.C#CCOP(=O)(OCC#C)OCC(F)(F)F.C#CCOP(=O)(OCC#C)OCCC(F)(F)F.C#CCOP(=O)(OCC#C)OCCCC(F)(F)F.C#CCOP(=O)(OCC#C)OCCCCC(F)(F)F.C#CCOP(=O)(OCC)OCC(F)(F)F. The zero-order valence-corrected chi connectivity index (χ0v) is 66.5. The van der Waals surface area contributed by atoms with Crippen LogP contribution in [0.3, 0.4) is 0 Å². The summed E-state index contributed by atoms with van der Waals surface area (Å²) in [5.41, 5.74) is 0. The summed E-state index contributed by atoms with van der Waals surface area (Å²) in [7, 11) is -29.8. The van der Waals surface area contributed by atoms with Crippen LogP contribution in [0.2, 0.25) is 0 Å². The van der Waals surface area contributed by atoms with Gasteiger partial charge in [-0.25, -0.2) is 32.0 Å². The largest absolute Gasteiger partial charge is 0.531 e. The number of terminal acetylenes is 13. The molecule has 0 spiro atoms. The molecule has 0 saturated carbocycles. The molecule has 0 heterocycles. The standard InChI is InChI=1S/C11H14F3O4P.C10H12F3O4P.2C9H10F3O4P.C8H8F3O4P.C7H10F3O4P.C7H6F3O4P/c1-3-8-16-19(15,17-9-4-2)18-10-6-5-7-11(12,13)14;1-3-7-15-18(14,16-8-4-2)17-9-5-6-10(11,12)13;1-4-6-14-17(13,15-7-5-2)16-8(3)9(10,11)12;1-3-6-14-17(13,15-7-4-2)16-8-5-9(10,11)12;1-3-5-13-16(12,14-6-4-2)15-7-8(9,10)11;1-3-5-13-15(11,12-4-2)14-6-7(8,9)10;1-3-5-12-15(11,13-6-4-2)14-7(8,9)10/h1-2H,5-10H2;1-2H,5-9H2;1-2,8H,6-7H2,3H3;1-2H,5-8H2;1-2H,5-7H2;1H,4-6H2,2H3;1-2H,5-6H2. The number of hydrogen-bond donors (Lipinski definition) is 0. The minimum Gasteiger partial charge on any atom is -0.287 e. The third-order valence-corrected chi connectivity index (χ3v) is 18.4. The first-order valence-corrected chi connectivity index (χ1v) is 39.9. The summed E-state index contributed by atoms with van der Waals surface area (Å²) < 4.78 is 421. The van der Waals surface area contributed by atoms with E-state index in [-0.39, 0.29) is 58.9 Å². The molecule has 0 aliphatic carbocycles. The molecule has 0 amide bonds. The normalized spacial score (nSPS) is 12.6. The number of unbranched alkanes of at least 4 members (excludes halogenated alkanes) is 1. The maximum Gasteiger partial charge on any atom is 0.531 e. The second kappa shape index (κ2) is 66.3. The van der Waals surface area contributed by atoms with Crippen molar-refractivity contribution < 1.29 is 219 Å². The first kappa shape index (κ1) is 124. The molecule has 0 bridgehead atoms. The molecule has 2 unspecified atom stereocenters. The molecular weight excluding hydrogens is 1800 g/mol. The average Bonchev–Trinajstić information content (AvgIpc) is 0.871. The van der Waals surface area contributed by atoms with Gasteiger partial charge in [0, 0.05) is 12.8 Å². The van der Waals surface area contributed by atoms with Gasteiger partial charge >= 0.3 is 98.2 Å². The van der Waals surface area contributed by atoms with Gasteiger partial charge in [-0.15, -0.1) is 96.7 Å². The highest BCUT2D eigenvalue weighted by molar-refractivity contribution is 7.50. The van der Waals surface area contributed by atoms with Crippen molar-refractivity contribution in [1.29, 1.82) is 0 Å². The molecule has 0 aromatic heterocycles. The Morgan fingerprint density at radius 3 is 0.692 bits per heavy atom. The van der Waals surface area contributed by atoms with Crippen LogP contribution < -0.4 is 0 Å². The summed E-state index contributed by atoms with van der Waals surface area (Å²) in [5.74, 6) is 25.4. The van der Waals surface area contributed by atoms with Gasteiger partial charge in [0.2, 0.25) is 0 Å². The molecule has 664 valence electrons. The van der Waals surface area contributed by atoms with E-state index in [0.29, 0.717) is 6.92 Å². The minimum absolute atomic E-state index is 0.0579. The van der Waals surface area contributed by atoms with Crippen LogP contribution in [0.25, 0.3) is 0 Å². The minimum atomic E-state index is -5.17. The molecule has 0 fully saturated rings. The number of phosphoric acid groups is 7. The first-order chi connectivity index (χ1) is 53.7. The molecule has 0 aromatic carbocycles. The van der Waals surface area contributed by atoms with Crippen LogP contribution in [0.15, 0.2) is 0 Å². The predicted octanol–water partition coefficient (Wildman–Crippen LogP) is 16.9. The zero-order valence-electron chi connectivity index (χ0n) is 60.3. The molecule has 117 heavy (non-hydrogen) atoms. The lowest BCUT2D eigenvalue weighted by atomic mass is 10.2. The number of halogens is 21. The Balaban J connectivity index is -0.000000242. The molecular formula is C61H70F21O28P7. The quantitative estimate of drug-likeness (QED) is 0.0236. The number of alkyl halides is 21. The summed E-state index contributed by atoms with van der Waals surface area (Å²) in [5, 5.41) is 0. The lowest BCUT2D eigenvalue weighted by molar-refractivity contribution is -0.283. The molecule has 0 aliphatic rings. The fraction of sp³-hybridized carbons (Fsp3) is 0.574. The lowest BCUT2D eigenvalue weighted by Gasteiger charge is -2.21. The van der Waals surface area contributed by atoms with Gasteiger partial charge in [-0.3, -0.25) is 90.5 Å². The topological polar surface area (TPSA) is 313 Å². The Hall–Kier alpha value is -6.42. The Morgan fingerprint density at radius 2 is 0.470 bits per heavy atom. The molecule has 0 aliphatic heterocycles. The van der Waals surface area contributed by atoms with E-state index in [0.717, 1.165) is 0 Å². The van der Waals surface area contributed by atoms with Crippen LogP contribution in [0.5, 0.6) is 0 Å². The van der Waals surface area contributed by atoms with Crippen molar-refractivity contribution in [3.05, 3.63) is 0 Å². The Morgan fingerprint density at radius 1 is 0.256 bits per heavy atom. The van der Waals surface area contributed by atoms with Crippen molar-refractivity contribution in [2.45, 2.75) is 102 Å². The molecule has 0 saturated heterocycles. The fourth-order valence-electron chi connectivity index (χ4n) is 4.43. The highest BCUT2D eigenvalue weighted by Gasteiger charge is 2.45. The summed E-state index contributed by atoms with van der Waals surface area (Å²) in [6.07, 6.45) is 24.5. The summed E-state index contributed by atoms with van der Waals surface area (Å²) >= 11 is 0. The second-order valence-corrected chi connectivity index (χ2v) is 29.6. The van der Waals surface area contributed by atoms with Gasteiger partial charge in [-0.1, -0.05) is 77.0 Å². The third-order valence-electron chi connectivity index (χ3n) is 8.59. The fourth-order valence-corrected chi connectivity index (χ4v) is 11.7. The maximum absolute atomic E-state index is 12.2. The van der Waals surface area contributed by atoms with E-state index in [1.807, 2.05) is 65.1 Å². The lowest BCUT2D eigenvalue weighted by Crippen LogP contribution is -2.28. The van der Waals surface area contributed by atoms with Gasteiger partial charge < -0.3 is 0 Å². The molecule has 0 N–H and O–H groups in total. The Bertz CT molecular complexity index is 3610. The van der Waals surface area contributed by atoms with Crippen molar-refractivity contribution in [2.24, 2.45) is 0 Å². The van der Waals surface area contributed by atoms with E-state index in [9.17, 15) is 124 Å². The summed E-state index contributed by atoms with van der Waals surface area (Å²) in [6.45, 7) is -9.05. The van der Waals surface area contributed by atoms with Crippen LogP contribution in [0.4, 0.5) is 92.2 Å². The number of phosphoric ester groups is 7. The van der Waals surface area contributed by atoms with E-state index in [4.69, 9.17) is 88.0 Å². The van der Waals surface area contributed by atoms with E-state index in [1.165, 1.54) is 6.92 Å². The summed E-state index contributed by atoms with van der Waals surface area (Å²) in [6, 6.07) is 0. The van der Waals surface area contributed by atoms with Gasteiger partial charge in [-0.2, -0.15) is 83.6 Å².